The first-order valence-electron chi connectivity index (χ1n) is 10.6. The van der Waals surface area contributed by atoms with E-state index in [2.05, 4.69) is 16.7 Å². The van der Waals surface area contributed by atoms with Gasteiger partial charge in [0.05, 0.1) is 24.9 Å². The van der Waals surface area contributed by atoms with Gasteiger partial charge in [0.1, 0.15) is 11.6 Å². The third-order valence-corrected chi connectivity index (χ3v) is 6.05. The SMILES string of the molecule is [C-]#[N+]c1ccc(-c2nc(N3CCC(C)CC3)n(C)c(=O)c2-c2ccc(OC)cc2)cc1F. The van der Waals surface area contributed by atoms with E-state index in [0.717, 1.165) is 25.9 Å². The Hall–Kier alpha value is -3.66. The zero-order chi connectivity index (χ0) is 22.8. The quantitative estimate of drug-likeness (QED) is 0.542. The van der Waals surface area contributed by atoms with E-state index in [1.54, 1.807) is 49.1 Å². The van der Waals surface area contributed by atoms with Crippen molar-refractivity contribution in [2.75, 3.05) is 25.1 Å². The van der Waals surface area contributed by atoms with Crippen LogP contribution in [0.3, 0.4) is 0 Å². The largest absolute Gasteiger partial charge is 0.497 e. The van der Waals surface area contributed by atoms with Crippen molar-refractivity contribution < 1.29 is 9.13 Å². The fourth-order valence-corrected chi connectivity index (χ4v) is 4.05. The number of anilines is 1. The summed E-state index contributed by atoms with van der Waals surface area (Å²) in [5.41, 5.74) is 1.66. The van der Waals surface area contributed by atoms with Crippen molar-refractivity contribution in [2.45, 2.75) is 19.8 Å². The highest BCUT2D eigenvalue weighted by Crippen LogP contribution is 2.33. The van der Waals surface area contributed by atoms with Gasteiger partial charge in [0.2, 0.25) is 11.6 Å². The predicted octanol–water partition coefficient (Wildman–Crippen LogP) is 5.05. The van der Waals surface area contributed by atoms with Crippen LogP contribution in [0.25, 0.3) is 27.2 Å². The van der Waals surface area contributed by atoms with Crippen LogP contribution in [0.2, 0.25) is 0 Å². The van der Waals surface area contributed by atoms with E-state index in [1.165, 1.54) is 12.1 Å². The number of benzene rings is 2. The average molecular weight is 432 g/mol. The van der Waals surface area contributed by atoms with Crippen molar-refractivity contribution in [1.82, 2.24) is 9.55 Å². The van der Waals surface area contributed by atoms with Crippen LogP contribution in [0.4, 0.5) is 16.0 Å². The van der Waals surface area contributed by atoms with Crippen molar-refractivity contribution in [1.29, 1.82) is 0 Å². The van der Waals surface area contributed by atoms with Gasteiger partial charge in [-0.3, -0.25) is 9.36 Å². The summed E-state index contributed by atoms with van der Waals surface area (Å²) in [4.78, 5) is 23.8. The molecule has 1 aliphatic heterocycles. The molecule has 6 nitrogen and oxygen atoms in total. The average Bonchev–Trinajstić information content (AvgIpc) is 2.81. The summed E-state index contributed by atoms with van der Waals surface area (Å²) in [7, 11) is 3.30. The lowest BCUT2D eigenvalue weighted by molar-refractivity contribution is 0.415. The Balaban J connectivity index is 1.93. The Morgan fingerprint density at radius 1 is 1.12 bits per heavy atom. The summed E-state index contributed by atoms with van der Waals surface area (Å²) in [5.74, 6) is 1.25. The van der Waals surface area contributed by atoms with Gasteiger partial charge in [-0.05, 0) is 42.5 Å². The van der Waals surface area contributed by atoms with E-state index < -0.39 is 5.82 Å². The van der Waals surface area contributed by atoms with E-state index >= 15 is 0 Å². The first-order valence-corrected chi connectivity index (χ1v) is 10.6. The Labute approximate surface area is 186 Å². The zero-order valence-electron chi connectivity index (χ0n) is 18.4. The maximum Gasteiger partial charge on any atom is 0.263 e. The molecule has 7 heteroatoms. The van der Waals surface area contributed by atoms with Gasteiger partial charge in [-0.25, -0.2) is 14.2 Å². The highest BCUT2D eigenvalue weighted by molar-refractivity contribution is 5.82. The summed E-state index contributed by atoms with van der Waals surface area (Å²) in [5, 5.41) is 0. The van der Waals surface area contributed by atoms with Crippen molar-refractivity contribution >= 4 is 11.6 Å². The van der Waals surface area contributed by atoms with Gasteiger partial charge in [-0.15, -0.1) is 0 Å². The summed E-state index contributed by atoms with van der Waals surface area (Å²) in [6.45, 7) is 11.0. The van der Waals surface area contributed by atoms with Gasteiger partial charge in [-0.2, -0.15) is 0 Å². The maximum atomic E-state index is 14.5. The Morgan fingerprint density at radius 2 is 1.78 bits per heavy atom. The number of rotatable bonds is 4. The molecular formula is C25H25FN4O2. The van der Waals surface area contributed by atoms with Crippen molar-refractivity contribution in [3.05, 3.63) is 70.1 Å². The van der Waals surface area contributed by atoms with Crippen LogP contribution in [0.1, 0.15) is 19.8 Å². The molecule has 2 aromatic carbocycles. The van der Waals surface area contributed by atoms with E-state index in [0.29, 0.717) is 40.0 Å². The molecule has 2 heterocycles. The number of piperidine rings is 1. The summed E-state index contributed by atoms with van der Waals surface area (Å²) < 4.78 is 21.3. The molecule has 0 N–H and O–H groups in total. The summed E-state index contributed by atoms with van der Waals surface area (Å²) in [6, 6.07) is 11.5. The van der Waals surface area contributed by atoms with Crippen LogP contribution in [0.15, 0.2) is 47.3 Å². The number of halogens is 1. The third kappa shape index (κ3) is 3.96. The monoisotopic (exact) mass is 432 g/mol. The van der Waals surface area contributed by atoms with Gasteiger partial charge < -0.3 is 9.64 Å². The number of ether oxygens (including phenoxy) is 1. The molecule has 4 rings (SSSR count). The molecule has 0 aliphatic carbocycles. The molecule has 1 aliphatic rings. The summed E-state index contributed by atoms with van der Waals surface area (Å²) in [6.07, 6.45) is 2.06. The molecule has 1 fully saturated rings. The third-order valence-electron chi connectivity index (χ3n) is 6.05. The van der Waals surface area contributed by atoms with Crippen LogP contribution in [0, 0.1) is 18.3 Å². The molecule has 164 valence electrons. The Bertz CT molecular complexity index is 1240. The molecule has 0 bridgehead atoms. The van der Waals surface area contributed by atoms with Gasteiger partial charge in [0.25, 0.3) is 5.56 Å². The molecule has 1 saturated heterocycles. The normalized spacial score (nSPS) is 14.3. The van der Waals surface area contributed by atoms with Gasteiger partial charge in [0.15, 0.2) is 0 Å². The molecule has 32 heavy (non-hydrogen) atoms. The summed E-state index contributed by atoms with van der Waals surface area (Å²) >= 11 is 0. The lowest BCUT2D eigenvalue weighted by atomic mass is 9.98. The molecule has 0 amide bonds. The van der Waals surface area contributed by atoms with Gasteiger partial charge >= 0.3 is 0 Å². The molecule has 0 saturated carbocycles. The number of nitrogens with zero attached hydrogens (tertiary/aromatic N) is 4. The van der Waals surface area contributed by atoms with Gasteiger partial charge in [-0.1, -0.05) is 31.2 Å². The lowest BCUT2D eigenvalue weighted by Gasteiger charge is -2.32. The standard InChI is InChI=1S/C25H25FN4O2/c1-16-11-13-30(14-12-16)25-28-23(18-7-10-21(27-2)20(26)15-18)22(24(31)29(25)3)17-5-8-19(32-4)9-6-17/h5-10,15-16H,11-14H2,1,3-4H3. The molecule has 1 aromatic heterocycles. The van der Waals surface area contributed by atoms with Crippen LogP contribution >= 0.6 is 0 Å². The first kappa shape index (κ1) is 21.6. The van der Waals surface area contributed by atoms with E-state index in [1.807, 2.05) is 0 Å². The minimum Gasteiger partial charge on any atom is -0.497 e. The van der Waals surface area contributed by atoms with Crippen LogP contribution in [-0.2, 0) is 7.05 Å². The lowest BCUT2D eigenvalue weighted by Crippen LogP contribution is -2.38. The molecular weight excluding hydrogens is 407 g/mol. The molecule has 3 aromatic rings. The van der Waals surface area contributed by atoms with Gasteiger partial charge in [0, 0.05) is 25.7 Å². The van der Waals surface area contributed by atoms with E-state index in [9.17, 15) is 9.18 Å². The number of hydrogen-bond donors (Lipinski definition) is 0. The Kier molecular flexibility index (Phi) is 5.95. The maximum absolute atomic E-state index is 14.5. The second-order valence-electron chi connectivity index (χ2n) is 8.18. The first-order chi connectivity index (χ1) is 15.4. The minimum atomic E-state index is -0.631. The minimum absolute atomic E-state index is 0.0613. The predicted molar refractivity (Wildman–Crippen MR) is 124 cm³/mol. The van der Waals surface area contributed by atoms with E-state index in [-0.39, 0.29) is 11.2 Å². The topological polar surface area (TPSA) is 51.7 Å². The van der Waals surface area contributed by atoms with Crippen molar-refractivity contribution in [2.24, 2.45) is 13.0 Å². The fourth-order valence-electron chi connectivity index (χ4n) is 4.05. The van der Waals surface area contributed by atoms with Crippen LogP contribution in [0.5, 0.6) is 5.75 Å². The van der Waals surface area contributed by atoms with Crippen molar-refractivity contribution in [3.8, 4) is 28.1 Å². The number of aromatic nitrogens is 2. The fraction of sp³-hybridized carbons (Fsp3) is 0.320. The highest BCUT2D eigenvalue weighted by atomic mass is 19.1. The second kappa shape index (κ2) is 8.83. The molecule has 0 radical (unpaired) electrons. The highest BCUT2D eigenvalue weighted by Gasteiger charge is 2.24. The van der Waals surface area contributed by atoms with Crippen molar-refractivity contribution in [3.63, 3.8) is 0 Å². The second-order valence-corrected chi connectivity index (χ2v) is 8.18. The molecule has 0 unspecified atom stereocenters. The molecule has 0 atom stereocenters. The smallest absolute Gasteiger partial charge is 0.263 e. The number of hydrogen-bond acceptors (Lipinski definition) is 4. The van der Waals surface area contributed by atoms with Crippen LogP contribution in [-0.4, -0.2) is 29.8 Å². The Morgan fingerprint density at radius 3 is 2.38 bits per heavy atom. The van der Waals surface area contributed by atoms with E-state index in [4.69, 9.17) is 16.3 Å². The number of methoxy groups -OCH3 is 1. The zero-order valence-corrected chi connectivity index (χ0v) is 18.4. The molecule has 0 spiro atoms. The van der Waals surface area contributed by atoms with Crippen LogP contribution < -0.4 is 15.2 Å².